The minimum Gasteiger partial charge on any atom is -0.461 e. The van der Waals surface area contributed by atoms with E-state index in [1.807, 2.05) is 17.1 Å². The molecule has 0 aliphatic carbocycles. The van der Waals surface area contributed by atoms with Crippen LogP contribution in [0.25, 0.3) is 0 Å². The van der Waals surface area contributed by atoms with Crippen LogP contribution in [0.1, 0.15) is 201 Å². The van der Waals surface area contributed by atoms with Crippen LogP contribution in [0.5, 0.6) is 0 Å². The van der Waals surface area contributed by atoms with E-state index in [4.69, 9.17) is 9.47 Å². The molecule has 6 heteroatoms. The number of allylic oxidation sites excluding steroid dienone is 2. The first-order chi connectivity index (χ1) is 23.5. The summed E-state index contributed by atoms with van der Waals surface area (Å²) in [5, 5.41) is 0. The Morgan fingerprint density at radius 3 is 1.17 bits per heavy atom. The molecule has 0 unspecified atom stereocenters. The van der Waals surface area contributed by atoms with Gasteiger partial charge in [-0.05, 0) is 44.9 Å². The van der Waals surface area contributed by atoms with Crippen LogP contribution in [0.15, 0.2) is 24.3 Å². The highest BCUT2D eigenvalue weighted by atomic mass is 16.5. The maximum atomic E-state index is 12.9. The van der Waals surface area contributed by atoms with Crippen LogP contribution < -0.4 is 0 Å². The molecular formula is C42H77NO5. The molecule has 0 saturated heterocycles. The monoisotopic (exact) mass is 676 g/mol. The van der Waals surface area contributed by atoms with Gasteiger partial charge in [0.25, 0.3) is 0 Å². The molecule has 0 rings (SSSR count). The lowest BCUT2D eigenvalue weighted by Crippen LogP contribution is -2.33. The van der Waals surface area contributed by atoms with Crippen LogP contribution in [0, 0.1) is 0 Å². The van der Waals surface area contributed by atoms with Crippen LogP contribution in [0.4, 0.5) is 0 Å². The van der Waals surface area contributed by atoms with Gasteiger partial charge in [0, 0.05) is 32.4 Å². The molecule has 1 amide bonds. The number of nitrogens with zero attached hydrogens (tertiary/aromatic N) is 1. The fraction of sp³-hybridized carbons (Fsp3) is 0.833. The number of hydrogen-bond donors (Lipinski definition) is 0. The normalized spacial score (nSPS) is 11.5. The zero-order chi connectivity index (χ0) is 35.2. The number of esters is 2. The number of carbonyl (C=O) groups is 3. The summed E-state index contributed by atoms with van der Waals surface area (Å²) in [6, 6.07) is 0. The molecule has 48 heavy (non-hydrogen) atoms. The molecule has 0 aromatic heterocycles. The van der Waals surface area contributed by atoms with Gasteiger partial charge in [0.2, 0.25) is 5.91 Å². The van der Waals surface area contributed by atoms with E-state index in [-0.39, 0.29) is 30.7 Å². The maximum absolute atomic E-state index is 12.9. The third-order valence-electron chi connectivity index (χ3n) is 8.93. The van der Waals surface area contributed by atoms with Crippen LogP contribution >= 0.6 is 0 Å². The van der Waals surface area contributed by atoms with Crippen LogP contribution in [0.3, 0.4) is 0 Å². The van der Waals surface area contributed by atoms with Crippen molar-refractivity contribution < 1.29 is 23.9 Å². The molecule has 0 aromatic rings. The van der Waals surface area contributed by atoms with Gasteiger partial charge in [-0.25, -0.2) is 0 Å². The predicted octanol–water partition coefficient (Wildman–Crippen LogP) is 12.0. The lowest BCUT2D eigenvalue weighted by atomic mass is 10.1. The second kappa shape index (κ2) is 37.7. The van der Waals surface area contributed by atoms with Crippen molar-refractivity contribution >= 4 is 17.8 Å². The molecule has 0 aliphatic heterocycles. The molecule has 0 spiro atoms. The molecule has 0 aliphatic rings. The van der Waals surface area contributed by atoms with Crippen molar-refractivity contribution in [1.82, 2.24) is 4.90 Å². The lowest BCUT2D eigenvalue weighted by molar-refractivity contribution is -0.143. The van der Waals surface area contributed by atoms with Gasteiger partial charge in [-0.1, -0.05) is 161 Å². The third kappa shape index (κ3) is 33.8. The maximum Gasteiger partial charge on any atom is 0.306 e. The lowest BCUT2D eigenvalue weighted by Gasteiger charge is -2.22. The minimum atomic E-state index is -0.226. The van der Waals surface area contributed by atoms with Gasteiger partial charge in [0.15, 0.2) is 0 Å². The Morgan fingerprint density at radius 1 is 0.417 bits per heavy atom. The topological polar surface area (TPSA) is 72.9 Å². The van der Waals surface area contributed by atoms with Crippen molar-refractivity contribution in [2.45, 2.75) is 201 Å². The summed E-state index contributed by atoms with van der Waals surface area (Å²) < 4.78 is 10.7. The van der Waals surface area contributed by atoms with Crippen molar-refractivity contribution in [2.75, 3.05) is 26.3 Å². The van der Waals surface area contributed by atoms with Crippen molar-refractivity contribution in [1.29, 1.82) is 0 Å². The van der Waals surface area contributed by atoms with E-state index in [0.717, 1.165) is 32.1 Å². The Labute approximate surface area is 297 Å². The Morgan fingerprint density at radius 2 is 0.771 bits per heavy atom. The number of carbonyl (C=O) groups excluding carboxylic acids is 3. The SMILES string of the molecule is CCCCCCCCCCC/C=C\COC(=O)CCCN(CCCC(=O)OC/C=C\CCCCCCCCCCC)C(=O)CCCCC. The zero-order valence-electron chi connectivity index (χ0n) is 31.9. The molecule has 0 bridgehead atoms. The van der Waals surface area contributed by atoms with E-state index in [9.17, 15) is 14.4 Å². The number of amides is 1. The molecule has 0 heterocycles. The molecule has 0 radical (unpaired) electrons. The fourth-order valence-corrected chi connectivity index (χ4v) is 5.82. The summed E-state index contributed by atoms with van der Waals surface area (Å²) >= 11 is 0. The highest BCUT2D eigenvalue weighted by Gasteiger charge is 2.15. The van der Waals surface area contributed by atoms with Crippen molar-refractivity contribution in [3.8, 4) is 0 Å². The van der Waals surface area contributed by atoms with Crippen LogP contribution in [0.2, 0.25) is 0 Å². The van der Waals surface area contributed by atoms with Gasteiger partial charge in [0.05, 0.1) is 0 Å². The Hall–Kier alpha value is -2.11. The number of ether oxygens (including phenoxy) is 2. The standard InChI is InChI=1S/C42H77NO5/c1-4-7-10-12-14-16-18-20-22-24-26-29-38-47-41(45)34-31-36-43(40(44)33-28-9-6-3)37-32-35-42(46)48-39-30-27-25-23-21-19-17-15-13-11-8-5-2/h26-27,29-30H,4-25,28,31-39H2,1-3H3/b29-26-,30-27-. The van der Waals surface area contributed by atoms with E-state index < -0.39 is 0 Å². The smallest absolute Gasteiger partial charge is 0.306 e. The van der Waals surface area contributed by atoms with Gasteiger partial charge in [0.1, 0.15) is 13.2 Å². The average Bonchev–Trinajstić information content (AvgIpc) is 3.08. The summed E-state index contributed by atoms with van der Waals surface area (Å²) in [5.41, 5.74) is 0. The second-order valence-corrected chi connectivity index (χ2v) is 13.6. The van der Waals surface area contributed by atoms with Gasteiger partial charge in [-0.2, -0.15) is 0 Å². The fourth-order valence-electron chi connectivity index (χ4n) is 5.82. The Bertz CT molecular complexity index is 739. The Kier molecular flexibility index (Phi) is 36.0. The van der Waals surface area contributed by atoms with Crippen LogP contribution in [-0.2, 0) is 23.9 Å². The van der Waals surface area contributed by atoms with Crippen molar-refractivity contribution in [2.24, 2.45) is 0 Å². The highest BCUT2D eigenvalue weighted by molar-refractivity contribution is 5.76. The average molecular weight is 676 g/mol. The molecule has 0 atom stereocenters. The van der Waals surface area contributed by atoms with Crippen LogP contribution in [-0.4, -0.2) is 49.0 Å². The molecule has 6 nitrogen and oxygen atoms in total. The molecule has 0 fully saturated rings. The first-order valence-electron chi connectivity index (χ1n) is 20.4. The highest BCUT2D eigenvalue weighted by Crippen LogP contribution is 2.12. The zero-order valence-corrected chi connectivity index (χ0v) is 31.9. The minimum absolute atomic E-state index is 0.101. The Balaban J connectivity index is 4.08. The quantitative estimate of drug-likeness (QED) is 0.0375. The summed E-state index contributed by atoms with van der Waals surface area (Å²) in [6.07, 6.45) is 39.2. The molecule has 280 valence electrons. The van der Waals surface area contributed by atoms with E-state index in [2.05, 4.69) is 32.9 Å². The molecular weight excluding hydrogens is 598 g/mol. The molecule has 0 aromatic carbocycles. The van der Waals surface area contributed by atoms with Crippen molar-refractivity contribution in [3.05, 3.63) is 24.3 Å². The molecule has 0 saturated carbocycles. The predicted molar refractivity (Wildman–Crippen MR) is 203 cm³/mol. The summed E-state index contributed by atoms with van der Waals surface area (Å²) in [6.45, 7) is 8.27. The van der Waals surface area contributed by atoms with Gasteiger partial charge in [-0.15, -0.1) is 0 Å². The van der Waals surface area contributed by atoms with E-state index in [0.29, 0.717) is 45.6 Å². The largest absolute Gasteiger partial charge is 0.461 e. The van der Waals surface area contributed by atoms with Gasteiger partial charge >= 0.3 is 11.9 Å². The second-order valence-electron chi connectivity index (χ2n) is 13.6. The van der Waals surface area contributed by atoms with Gasteiger partial charge < -0.3 is 14.4 Å². The summed E-state index contributed by atoms with van der Waals surface area (Å²) in [4.78, 5) is 39.2. The van der Waals surface area contributed by atoms with E-state index >= 15 is 0 Å². The van der Waals surface area contributed by atoms with E-state index in [1.165, 1.54) is 116 Å². The molecule has 0 N–H and O–H groups in total. The summed E-state index contributed by atoms with van der Waals surface area (Å²) in [5.74, 6) is -0.352. The summed E-state index contributed by atoms with van der Waals surface area (Å²) in [7, 11) is 0. The number of hydrogen-bond acceptors (Lipinski definition) is 5. The number of rotatable bonds is 36. The third-order valence-corrected chi connectivity index (χ3v) is 8.93. The van der Waals surface area contributed by atoms with Gasteiger partial charge in [-0.3, -0.25) is 14.4 Å². The van der Waals surface area contributed by atoms with Crippen molar-refractivity contribution in [3.63, 3.8) is 0 Å². The van der Waals surface area contributed by atoms with E-state index in [1.54, 1.807) is 0 Å². The first-order valence-corrected chi connectivity index (χ1v) is 20.4. The number of unbranched alkanes of at least 4 members (excludes halogenated alkanes) is 20. The first kappa shape index (κ1) is 45.9.